The van der Waals surface area contributed by atoms with E-state index in [1.54, 1.807) is 6.07 Å². The van der Waals surface area contributed by atoms with Gasteiger partial charge in [-0.05, 0) is 29.9 Å². The molecule has 1 aliphatic rings. The first-order valence-corrected chi connectivity index (χ1v) is 6.28. The van der Waals surface area contributed by atoms with Crippen molar-refractivity contribution in [3.63, 3.8) is 0 Å². The van der Waals surface area contributed by atoms with E-state index < -0.39 is 5.97 Å². The summed E-state index contributed by atoms with van der Waals surface area (Å²) in [5, 5.41) is 12.6. The van der Waals surface area contributed by atoms with Crippen molar-refractivity contribution in [2.45, 2.75) is 40.7 Å². The molecule has 0 atom stereocenters. The van der Waals surface area contributed by atoms with Crippen molar-refractivity contribution < 1.29 is 9.90 Å². The van der Waals surface area contributed by atoms with Crippen LogP contribution < -0.4 is 5.32 Å². The third kappa shape index (κ3) is 1.78. The summed E-state index contributed by atoms with van der Waals surface area (Å²) < 4.78 is 0. The van der Waals surface area contributed by atoms with Crippen molar-refractivity contribution in [3.8, 4) is 0 Å². The first-order chi connectivity index (χ1) is 8.18. The van der Waals surface area contributed by atoms with Crippen LogP contribution in [0.3, 0.4) is 0 Å². The average molecular weight is 247 g/mol. The molecule has 1 aromatic rings. The smallest absolute Gasteiger partial charge is 0.337 e. The summed E-state index contributed by atoms with van der Waals surface area (Å²) in [4.78, 5) is 11.3. The second-order valence-electron chi connectivity index (χ2n) is 6.37. The van der Waals surface area contributed by atoms with Gasteiger partial charge in [-0.3, -0.25) is 0 Å². The molecule has 18 heavy (non-hydrogen) atoms. The van der Waals surface area contributed by atoms with Crippen LogP contribution in [0.1, 0.15) is 43.6 Å². The zero-order valence-corrected chi connectivity index (χ0v) is 11.7. The molecule has 0 radical (unpaired) electrons. The SMILES string of the molecule is Cc1ccc(NC2C(C)(C)C2(C)C)c(C(=O)O)c1. The van der Waals surface area contributed by atoms with Crippen molar-refractivity contribution in [2.24, 2.45) is 10.8 Å². The number of hydrogen-bond donors (Lipinski definition) is 2. The molecule has 0 spiro atoms. The maximum Gasteiger partial charge on any atom is 0.337 e. The van der Waals surface area contributed by atoms with Crippen LogP contribution in [0, 0.1) is 17.8 Å². The molecule has 98 valence electrons. The predicted octanol–water partition coefficient (Wildman–Crippen LogP) is 3.54. The van der Waals surface area contributed by atoms with Crippen LogP contribution in [0.5, 0.6) is 0 Å². The topological polar surface area (TPSA) is 49.3 Å². The molecule has 1 fully saturated rings. The van der Waals surface area contributed by atoms with E-state index in [2.05, 4.69) is 33.0 Å². The lowest BCUT2D eigenvalue weighted by Crippen LogP contribution is -2.13. The second-order valence-corrected chi connectivity index (χ2v) is 6.37. The van der Waals surface area contributed by atoms with Crippen molar-refractivity contribution in [2.75, 3.05) is 5.32 Å². The predicted molar refractivity (Wildman–Crippen MR) is 73.1 cm³/mol. The van der Waals surface area contributed by atoms with Crippen LogP contribution in [0.4, 0.5) is 5.69 Å². The normalized spacial score (nSPS) is 20.5. The highest BCUT2D eigenvalue weighted by atomic mass is 16.4. The summed E-state index contributed by atoms with van der Waals surface area (Å²) in [5.74, 6) is -0.877. The highest BCUT2D eigenvalue weighted by Gasteiger charge is 2.65. The number of anilines is 1. The number of benzene rings is 1. The summed E-state index contributed by atoms with van der Waals surface area (Å²) in [6.45, 7) is 10.7. The van der Waals surface area contributed by atoms with E-state index >= 15 is 0 Å². The molecule has 0 saturated heterocycles. The van der Waals surface area contributed by atoms with Gasteiger partial charge in [0.25, 0.3) is 0 Å². The third-order valence-corrected chi connectivity index (χ3v) is 4.73. The molecule has 0 unspecified atom stereocenters. The van der Waals surface area contributed by atoms with Gasteiger partial charge in [-0.25, -0.2) is 4.79 Å². The number of nitrogens with one attached hydrogen (secondary N) is 1. The molecule has 0 aliphatic heterocycles. The first-order valence-electron chi connectivity index (χ1n) is 6.28. The van der Waals surface area contributed by atoms with E-state index in [4.69, 9.17) is 0 Å². The Morgan fingerprint density at radius 2 is 1.78 bits per heavy atom. The standard InChI is InChI=1S/C15H21NO2/c1-9-6-7-11(10(8-9)12(17)18)16-13-14(2,3)15(13,4)5/h6-8,13,16H,1-5H3,(H,17,18). The monoisotopic (exact) mass is 247 g/mol. The number of carboxylic acids is 1. The molecule has 1 aromatic carbocycles. The van der Waals surface area contributed by atoms with Gasteiger partial charge in [-0.1, -0.05) is 39.3 Å². The lowest BCUT2D eigenvalue weighted by molar-refractivity contribution is 0.0698. The Hall–Kier alpha value is -1.51. The molecular formula is C15H21NO2. The fourth-order valence-electron chi connectivity index (χ4n) is 2.67. The van der Waals surface area contributed by atoms with Crippen molar-refractivity contribution in [1.29, 1.82) is 0 Å². The fraction of sp³-hybridized carbons (Fsp3) is 0.533. The van der Waals surface area contributed by atoms with Crippen LogP contribution >= 0.6 is 0 Å². The summed E-state index contributed by atoms with van der Waals surface area (Å²) in [6, 6.07) is 5.83. The largest absolute Gasteiger partial charge is 0.478 e. The van der Waals surface area contributed by atoms with E-state index in [0.717, 1.165) is 11.3 Å². The Morgan fingerprint density at radius 1 is 1.22 bits per heavy atom. The van der Waals surface area contributed by atoms with E-state index in [-0.39, 0.29) is 10.8 Å². The van der Waals surface area contributed by atoms with Gasteiger partial charge in [-0.2, -0.15) is 0 Å². The van der Waals surface area contributed by atoms with Crippen LogP contribution in [-0.2, 0) is 0 Å². The van der Waals surface area contributed by atoms with Gasteiger partial charge >= 0.3 is 5.97 Å². The number of rotatable bonds is 3. The Morgan fingerprint density at radius 3 is 2.22 bits per heavy atom. The van der Waals surface area contributed by atoms with Gasteiger partial charge in [0.05, 0.1) is 5.56 Å². The van der Waals surface area contributed by atoms with Gasteiger partial charge in [-0.15, -0.1) is 0 Å². The zero-order valence-electron chi connectivity index (χ0n) is 11.7. The molecule has 1 saturated carbocycles. The lowest BCUT2D eigenvalue weighted by atomic mass is 10.0. The van der Waals surface area contributed by atoms with E-state index in [9.17, 15) is 9.90 Å². The molecule has 0 bridgehead atoms. The summed E-state index contributed by atoms with van der Waals surface area (Å²) >= 11 is 0. The van der Waals surface area contributed by atoms with Crippen molar-refractivity contribution in [1.82, 2.24) is 0 Å². The number of carboxylic acid groups (broad SMARTS) is 1. The fourth-order valence-corrected chi connectivity index (χ4v) is 2.67. The molecule has 2 rings (SSSR count). The molecular weight excluding hydrogens is 226 g/mol. The third-order valence-electron chi connectivity index (χ3n) is 4.73. The highest BCUT2D eigenvalue weighted by molar-refractivity contribution is 5.94. The number of carbonyl (C=O) groups is 1. The van der Waals surface area contributed by atoms with Gasteiger partial charge < -0.3 is 10.4 Å². The summed E-state index contributed by atoms with van der Waals surface area (Å²) in [6.07, 6.45) is 0. The second kappa shape index (κ2) is 3.74. The molecule has 2 N–H and O–H groups in total. The summed E-state index contributed by atoms with van der Waals surface area (Å²) in [5.41, 5.74) is 2.42. The quantitative estimate of drug-likeness (QED) is 0.859. The molecule has 0 heterocycles. The number of hydrogen-bond acceptors (Lipinski definition) is 2. The maximum absolute atomic E-state index is 11.3. The van der Waals surface area contributed by atoms with Crippen molar-refractivity contribution >= 4 is 11.7 Å². The number of aryl methyl sites for hydroxylation is 1. The minimum atomic E-state index is -0.877. The van der Waals surface area contributed by atoms with Gasteiger partial charge in [0.2, 0.25) is 0 Å². The van der Waals surface area contributed by atoms with Gasteiger partial charge in [0, 0.05) is 11.7 Å². The van der Waals surface area contributed by atoms with Crippen LogP contribution in [-0.4, -0.2) is 17.1 Å². The highest BCUT2D eigenvalue weighted by Crippen LogP contribution is 2.63. The molecule has 0 aromatic heterocycles. The summed E-state index contributed by atoms with van der Waals surface area (Å²) in [7, 11) is 0. The first kappa shape index (κ1) is 12.9. The molecule has 1 aliphatic carbocycles. The molecule has 3 heteroatoms. The van der Waals surface area contributed by atoms with Crippen LogP contribution in [0.25, 0.3) is 0 Å². The van der Waals surface area contributed by atoms with Crippen LogP contribution in [0.2, 0.25) is 0 Å². The molecule has 0 amide bonds. The van der Waals surface area contributed by atoms with Gasteiger partial charge in [0.15, 0.2) is 0 Å². The number of aromatic carboxylic acids is 1. The van der Waals surface area contributed by atoms with Crippen molar-refractivity contribution in [3.05, 3.63) is 29.3 Å². The lowest BCUT2D eigenvalue weighted by Gasteiger charge is -2.12. The van der Waals surface area contributed by atoms with E-state index in [1.807, 2.05) is 19.1 Å². The Kier molecular flexibility index (Phi) is 2.69. The minimum Gasteiger partial charge on any atom is -0.478 e. The Labute approximate surface area is 108 Å². The minimum absolute atomic E-state index is 0.188. The molecule has 3 nitrogen and oxygen atoms in total. The van der Waals surface area contributed by atoms with Gasteiger partial charge in [0.1, 0.15) is 0 Å². The van der Waals surface area contributed by atoms with Crippen LogP contribution in [0.15, 0.2) is 18.2 Å². The average Bonchev–Trinajstić information content (AvgIpc) is 2.62. The maximum atomic E-state index is 11.3. The van der Waals surface area contributed by atoms with E-state index in [0.29, 0.717) is 11.6 Å². The Balaban J connectivity index is 2.29. The Bertz CT molecular complexity index is 489. The zero-order chi connectivity index (χ0) is 13.7. The van der Waals surface area contributed by atoms with E-state index in [1.165, 1.54) is 0 Å².